The van der Waals surface area contributed by atoms with Gasteiger partial charge in [-0.15, -0.1) is 0 Å². The summed E-state index contributed by atoms with van der Waals surface area (Å²) >= 11 is 0. The SMILES string of the molecule is Cc1cccc(NC(=O)c2ccc(N)c(O)c2)c1. The van der Waals surface area contributed by atoms with Crippen LogP contribution in [0.2, 0.25) is 0 Å². The van der Waals surface area contributed by atoms with Gasteiger partial charge in [0.15, 0.2) is 0 Å². The van der Waals surface area contributed by atoms with Gasteiger partial charge in [-0.1, -0.05) is 12.1 Å². The molecule has 2 aromatic rings. The number of rotatable bonds is 2. The van der Waals surface area contributed by atoms with Crippen LogP contribution in [0, 0.1) is 6.92 Å². The molecule has 0 spiro atoms. The van der Waals surface area contributed by atoms with Gasteiger partial charge in [-0.05, 0) is 42.8 Å². The van der Waals surface area contributed by atoms with E-state index < -0.39 is 0 Å². The highest BCUT2D eigenvalue weighted by atomic mass is 16.3. The number of carbonyl (C=O) groups excluding carboxylic acids is 1. The summed E-state index contributed by atoms with van der Waals surface area (Å²) in [7, 11) is 0. The highest BCUT2D eigenvalue weighted by Crippen LogP contribution is 2.21. The summed E-state index contributed by atoms with van der Waals surface area (Å²) in [6.07, 6.45) is 0. The van der Waals surface area contributed by atoms with E-state index in [1.54, 1.807) is 6.07 Å². The lowest BCUT2D eigenvalue weighted by molar-refractivity contribution is 0.102. The fourth-order valence-electron chi connectivity index (χ4n) is 1.61. The number of anilines is 2. The quantitative estimate of drug-likeness (QED) is 0.559. The molecule has 0 aliphatic carbocycles. The summed E-state index contributed by atoms with van der Waals surface area (Å²) in [5.74, 6) is -0.372. The smallest absolute Gasteiger partial charge is 0.255 e. The van der Waals surface area contributed by atoms with E-state index in [2.05, 4.69) is 5.32 Å². The molecule has 1 amide bonds. The third-order valence-corrected chi connectivity index (χ3v) is 2.57. The van der Waals surface area contributed by atoms with Crippen molar-refractivity contribution in [2.45, 2.75) is 6.92 Å². The molecular weight excluding hydrogens is 228 g/mol. The van der Waals surface area contributed by atoms with E-state index in [-0.39, 0.29) is 17.3 Å². The van der Waals surface area contributed by atoms with Crippen molar-refractivity contribution in [3.05, 3.63) is 53.6 Å². The minimum atomic E-state index is -0.282. The summed E-state index contributed by atoms with van der Waals surface area (Å²) in [5, 5.41) is 12.2. The van der Waals surface area contributed by atoms with Crippen LogP contribution in [0.15, 0.2) is 42.5 Å². The van der Waals surface area contributed by atoms with Gasteiger partial charge < -0.3 is 16.2 Å². The van der Waals surface area contributed by atoms with E-state index in [0.29, 0.717) is 5.56 Å². The normalized spacial score (nSPS) is 10.1. The van der Waals surface area contributed by atoms with E-state index in [0.717, 1.165) is 11.3 Å². The van der Waals surface area contributed by atoms with Crippen LogP contribution >= 0.6 is 0 Å². The number of benzene rings is 2. The molecule has 0 aromatic heterocycles. The van der Waals surface area contributed by atoms with Crippen LogP contribution in [0.4, 0.5) is 11.4 Å². The first-order valence-corrected chi connectivity index (χ1v) is 5.53. The highest BCUT2D eigenvalue weighted by Gasteiger charge is 2.08. The fraction of sp³-hybridized carbons (Fsp3) is 0.0714. The molecule has 0 unspecified atom stereocenters. The molecule has 0 aliphatic heterocycles. The lowest BCUT2D eigenvalue weighted by atomic mass is 10.1. The van der Waals surface area contributed by atoms with Gasteiger partial charge in [-0.25, -0.2) is 0 Å². The van der Waals surface area contributed by atoms with Gasteiger partial charge in [-0.2, -0.15) is 0 Å². The summed E-state index contributed by atoms with van der Waals surface area (Å²) < 4.78 is 0. The Bertz CT molecular complexity index is 594. The number of nitrogens with one attached hydrogen (secondary N) is 1. The Morgan fingerprint density at radius 3 is 2.67 bits per heavy atom. The molecule has 92 valence electrons. The van der Waals surface area contributed by atoms with Crippen LogP contribution in [0.5, 0.6) is 5.75 Å². The zero-order valence-electron chi connectivity index (χ0n) is 9.97. The Morgan fingerprint density at radius 1 is 1.22 bits per heavy atom. The van der Waals surface area contributed by atoms with E-state index in [1.807, 2.05) is 31.2 Å². The third-order valence-electron chi connectivity index (χ3n) is 2.57. The lowest BCUT2D eigenvalue weighted by Gasteiger charge is -2.07. The van der Waals surface area contributed by atoms with Crippen molar-refractivity contribution >= 4 is 17.3 Å². The Balaban J connectivity index is 2.19. The van der Waals surface area contributed by atoms with Gasteiger partial charge in [0.05, 0.1) is 5.69 Å². The Hall–Kier alpha value is -2.49. The van der Waals surface area contributed by atoms with Gasteiger partial charge >= 0.3 is 0 Å². The molecule has 0 saturated carbocycles. The van der Waals surface area contributed by atoms with Crippen LogP contribution in [0.3, 0.4) is 0 Å². The van der Waals surface area contributed by atoms with Crippen molar-refractivity contribution in [2.24, 2.45) is 0 Å². The van der Waals surface area contributed by atoms with Crippen LogP contribution in [-0.4, -0.2) is 11.0 Å². The second-order valence-electron chi connectivity index (χ2n) is 4.10. The maximum atomic E-state index is 11.9. The molecule has 4 nitrogen and oxygen atoms in total. The summed E-state index contributed by atoms with van der Waals surface area (Å²) in [5.41, 5.74) is 7.88. The first-order chi connectivity index (χ1) is 8.56. The second-order valence-corrected chi connectivity index (χ2v) is 4.10. The molecule has 0 radical (unpaired) electrons. The van der Waals surface area contributed by atoms with Crippen molar-refractivity contribution in [1.82, 2.24) is 0 Å². The minimum absolute atomic E-state index is 0.0908. The number of phenols is 1. The first kappa shape index (κ1) is 12.0. The number of hydrogen-bond donors (Lipinski definition) is 3. The molecule has 2 rings (SSSR count). The average molecular weight is 242 g/mol. The first-order valence-electron chi connectivity index (χ1n) is 5.53. The average Bonchev–Trinajstić information content (AvgIpc) is 2.32. The standard InChI is InChI=1S/C14H14N2O2/c1-9-3-2-4-11(7-9)16-14(18)10-5-6-12(15)13(17)8-10/h2-8,17H,15H2,1H3,(H,16,18). The number of hydrogen-bond acceptors (Lipinski definition) is 3. The molecule has 0 heterocycles. The van der Waals surface area contributed by atoms with Gasteiger partial charge in [0.2, 0.25) is 0 Å². The molecule has 0 atom stereocenters. The fourth-order valence-corrected chi connectivity index (χ4v) is 1.61. The van der Waals surface area contributed by atoms with Crippen LogP contribution in [0.1, 0.15) is 15.9 Å². The molecule has 4 N–H and O–H groups in total. The topological polar surface area (TPSA) is 75.4 Å². The number of amides is 1. The molecule has 0 saturated heterocycles. The maximum absolute atomic E-state index is 11.9. The molecule has 0 fully saturated rings. The van der Waals surface area contributed by atoms with E-state index in [1.165, 1.54) is 12.1 Å². The van der Waals surface area contributed by atoms with Crippen molar-refractivity contribution in [3.63, 3.8) is 0 Å². The number of nitrogen functional groups attached to an aromatic ring is 1. The number of phenolic OH excluding ortho intramolecular Hbond substituents is 1. The van der Waals surface area contributed by atoms with Crippen LogP contribution in [-0.2, 0) is 0 Å². The third kappa shape index (κ3) is 2.60. The number of nitrogens with two attached hydrogens (primary N) is 1. The van der Waals surface area contributed by atoms with Gasteiger partial charge in [0.25, 0.3) is 5.91 Å². The Morgan fingerprint density at radius 2 is 2.00 bits per heavy atom. The minimum Gasteiger partial charge on any atom is -0.506 e. The molecule has 2 aromatic carbocycles. The largest absolute Gasteiger partial charge is 0.506 e. The van der Waals surface area contributed by atoms with E-state index in [9.17, 15) is 9.90 Å². The van der Waals surface area contributed by atoms with Crippen molar-refractivity contribution in [3.8, 4) is 5.75 Å². The zero-order valence-corrected chi connectivity index (χ0v) is 9.97. The molecular formula is C14H14N2O2. The van der Waals surface area contributed by atoms with Crippen molar-refractivity contribution in [1.29, 1.82) is 0 Å². The van der Waals surface area contributed by atoms with Gasteiger partial charge in [-0.3, -0.25) is 4.79 Å². The lowest BCUT2D eigenvalue weighted by Crippen LogP contribution is -2.11. The van der Waals surface area contributed by atoms with Crippen molar-refractivity contribution < 1.29 is 9.90 Å². The number of aryl methyl sites for hydroxylation is 1. The highest BCUT2D eigenvalue weighted by molar-refractivity contribution is 6.04. The van der Waals surface area contributed by atoms with Crippen LogP contribution < -0.4 is 11.1 Å². The predicted molar refractivity (Wildman–Crippen MR) is 71.7 cm³/mol. The number of carbonyl (C=O) groups is 1. The van der Waals surface area contributed by atoms with E-state index >= 15 is 0 Å². The summed E-state index contributed by atoms with van der Waals surface area (Å²) in [6.45, 7) is 1.95. The van der Waals surface area contributed by atoms with Gasteiger partial charge in [0.1, 0.15) is 5.75 Å². The predicted octanol–water partition coefficient (Wildman–Crippen LogP) is 2.54. The maximum Gasteiger partial charge on any atom is 0.255 e. The second kappa shape index (κ2) is 4.79. The molecule has 0 bridgehead atoms. The molecule has 18 heavy (non-hydrogen) atoms. The monoisotopic (exact) mass is 242 g/mol. The molecule has 0 aliphatic rings. The Kier molecular flexibility index (Phi) is 3.19. The molecule has 4 heteroatoms. The van der Waals surface area contributed by atoms with Crippen LogP contribution in [0.25, 0.3) is 0 Å². The summed E-state index contributed by atoms with van der Waals surface area (Å²) in [6, 6.07) is 11.9. The van der Waals surface area contributed by atoms with E-state index in [4.69, 9.17) is 5.73 Å². The zero-order chi connectivity index (χ0) is 13.1. The summed E-state index contributed by atoms with van der Waals surface area (Å²) in [4.78, 5) is 11.9. The Labute approximate surface area is 105 Å². The van der Waals surface area contributed by atoms with Crippen molar-refractivity contribution in [2.75, 3.05) is 11.1 Å². The number of aromatic hydroxyl groups is 1. The van der Waals surface area contributed by atoms with Gasteiger partial charge in [0, 0.05) is 11.3 Å².